The highest BCUT2D eigenvalue weighted by Gasteiger charge is 2.32. The third-order valence-electron chi connectivity index (χ3n) is 3.42. The lowest BCUT2D eigenvalue weighted by Crippen LogP contribution is -2.27. The summed E-state index contributed by atoms with van der Waals surface area (Å²) in [5.41, 5.74) is 5.57. The highest BCUT2D eigenvalue weighted by atomic mass is 16.5. The molecular weight excluding hydrogens is 232 g/mol. The molecule has 1 aromatic heterocycles. The maximum Gasteiger partial charge on any atom is 0.145 e. The van der Waals surface area contributed by atoms with Crippen LogP contribution in [0.25, 0.3) is 0 Å². The monoisotopic (exact) mass is 254 g/mol. The van der Waals surface area contributed by atoms with Gasteiger partial charge in [-0.25, -0.2) is 0 Å². The molecule has 18 heavy (non-hydrogen) atoms. The Morgan fingerprint density at radius 3 is 2.44 bits per heavy atom. The summed E-state index contributed by atoms with van der Waals surface area (Å²) in [5.74, 6) is 0.579. The van der Waals surface area contributed by atoms with Gasteiger partial charge in [0.25, 0.3) is 0 Å². The Kier molecular flexibility index (Phi) is 4.57. The fraction of sp³-hybridized carbons (Fsp3) is 0.750. The Morgan fingerprint density at radius 2 is 1.94 bits per heavy atom. The van der Waals surface area contributed by atoms with E-state index in [4.69, 9.17) is 15.2 Å². The number of anilines is 1. The zero-order chi connectivity index (χ0) is 13.0. The summed E-state index contributed by atoms with van der Waals surface area (Å²) >= 11 is 0. The van der Waals surface area contributed by atoms with Crippen molar-refractivity contribution in [3.05, 3.63) is 12.3 Å². The fourth-order valence-corrected chi connectivity index (χ4v) is 2.41. The van der Waals surface area contributed by atoms with Crippen molar-refractivity contribution in [2.75, 3.05) is 39.6 Å². The first-order valence-electron chi connectivity index (χ1n) is 6.30. The van der Waals surface area contributed by atoms with Crippen molar-refractivity contribution in [1.82, 2.24) is 14.7 Å². The molecule has 102 valence electrons. The van der Waals surface area contributed by atoms with E-state index in [1.807, 2.05) is 16.9 Å². The van der Waals surface area contributed by atoms with E-state index in [0.717, 1.165) is 32.6 Å². The molecule has 0 amide bonds. The van der Waals surface area contributed by atoms with Crippen LogP contribution in [0, 0.1) is 0 Å². The van der Waals surface area contributed by atoms with Gasteiger partial charge < -0.3 is 15.2 Å². The van der Waals surface area contributed by atoms with E-state index in [0.29, 0.717) is 5.82 Å². The molecule has 1 saturated heterocycles. The van der Waals surface area contributed by atoms with E-state index in [-0.39, 0.29) is 12.2 Å². The zero-order valence-corrected chi connectivity index (χ0v) is 11.1. The number of aromatic nitrogens is 2. The normalized spacial score (nSPS) is 24.8. The molecule has 0 saturated carbocycles. The quantitative estimate of drug-likeness (QED) is 0.785. The summed E-state index contributed by atoms with van der Waals surface area (Å²) in [7, 11) is 3.49. The molecule has 1 aromatic rings. The highest BCUT2D eigenvalue weighted by Crippen LogP contribution is 2.15. The average molecular weight is 254 g/mol. The lowest BCUT2D eigenvalue weighted by Gasteiger charge is -2.14. The van der Waals surface area contributed by atoms with E-state index >= 15 is 0 Å². The summed E-state index contributed by atoms with van der Waals surface area (Å²) in [6, 6.07) is 1.82. The molecule has 2 N–H and O–H groups in total. The fourth-order valence-electron chi connectivity index (χ4n) is 2.41. The van der Waals surface area contributed by atoms with Crippen molar-refractivity contribution >= 4 is 5.82 Å². The van der Waals surface area contributed by atoms with E-state index in [9.17, 15) is 0 Å². The Balaban J connectivity index is 1.71. The molecular formula is C12H22N4O2. The number of rotatable bonds is 6. The third-order valence-corrected chi connectivity index (χ3v) is 3.42. The average Bonchev–Trinajstić information content (AvgIpc) is 2.95. The summed E-state index contributed by atoms with van der Waals surface area (Å²) in [6.45, 7) is 3.80. The molecule has 2 heterocycles. The number of aryl methyl sites for hydroxylation is 1. The molecule has 6 heteroatoms. The van der Waals surface area contributed by atoms with Gasteiger partial charge in [-0.2, -0.15) is 5.10 Å². The Labute approximate surface area is 108 Å². The van der Waals surface area contributed by atoms with Gasteiger partial charge in [0, 0.05) is 46.6 Å². The van der Waals surface area contributed by atoms with Gasteiger partial charge >= 0.3 is 0 Å². The smallest absolute Gasteiger partial charge is 0.145 e. The second-order valence-electron chi connectivity index (χ2n) is 4.67. The minimum Gasteiger partial charge on any atom is -0.382 e. The zero-order valence-electron chi connectivity index (χ0n) is 11.1. The maximum absolute atomic E-state index is 5.57. The molecule has 1 aliphatic rings. The third kappa shape index (κ3) is 3.22. The Bertz CT molecular complexity index is 357. The minimum atomic E-state index is 0.190. The van der Waals surface area contributed by atoms with Crippen LogP contribution in [0.1, 0.15) is 6.42 Å². The summed E-state index contributed by atoms with van der Waals surface area (Å²) < 4.78 is 12.7. The van der Waals surface area contributed by atoms with Crippen molar-refractivity contribution in [3.8, 4) is 0 Å². The van der Waals surface area contributed by atoms with Crippen molar-refractivity contribution < 1.29 is 9.47 Å². The lowest BCUT2D eigenvalue weighted by molar-refractivity contribution is -0.00461. The van der Waals surface area contributed by atoms with Gasteiger partial charge in [0.05, 0.1) is 12.2 Å². The number of hydrogen-bond donors (Lipinski definition) is 1. The molecule has 0 aromatic carbocycles. The van der Waals surface area contributed by atoms with Crippen LogP contribution in [-0.4, -0.2) is 60.7 Å². The van der Waals surface area contributed by atoms with Crippen molar-refractivity contribution in [2.24, 2.45) is 0 Å². The predicted octanol–water partition coefficient (Wildman–Crippen LogP) is 0.201. The standard InChI is InChI=1S/C12H22N4O2/c1-17-10-8-15(9-11(10)18-2)5-3-6-16-7-4-12(13)14-16/h4,7,10-11H,3,5-6,8-9H2,1-2H3,(H2,13,14). The Morgan fingerprint density at radius 1 is 1.28 bits per heavy atom. The van der Waals surface area contributed by atoms with Gasteiger partial charge in [-0.15, -0.1) is 0 Å². The van der Waals surface area contributed by atoms with Crippen molar-refractivity contribution in [1.29, 1.82) is 0 Å². The van der Waals surface area contributed by atoms with Crippen LogP contribution in [0.3, 0.4) is 0 Å². The molecule has 2 rings (SSSR count). The van der Waals surface area contributed by atoms with E-state index in [1.165, 1.54) is 0 Å². The van der Waals surface area contributed by atoms with Gasteiger partial charge in [0.15, 0.2) is 0 Å². The molecule has 6 nitrogen and oxygen atoms in total. The van der Waals surface area contributed by atoms with Crippen LogP contribution in [0.2, 0.25) is 0 Å². The first-order valence-corrected chi connectivity index (χ1v) is 6.30. The van der Waals surface area contributed by atoms with Crippen LogP contribution >= 0.6 is 0 Å². The lowest BCUT2D eigenvalue weighted by atomic mass is 10.3. The van der Waals surface area contributed by atoms with Crippen LogP contribution < -0.4 is 5.73 Å². The number of methoxy groups -OCH3 is 2. The van der Waals surface area contributed by atoms with E-state index in [1.54, 1.807) is 14.2 Å². The topological polar surface area (TPSA) is 65.5 Å². The summed E-state index contributed by atoms with van der Waals surface area (Å²) in [4.78, 5) is 2.37. The van der Waals surface area contributed by atoms with E-state index in [2.05, 4.69) is 10.00 Å². The molecule has 0 bridgehead atoms. The van der Waals surface area contributed by atoms with Crippen LogP contribution in [0.5, 0.6) is 0 Å². The first-order chi connectivity index (χ1) is 8.72. The van der Waals surface area contributed by atoms with Gasteiger partial charge in [-0.3, -0.25) is 9.58 Å². The second-order valence-corrected chi connectivity index (χ2v) is 4.67. The molecule has 1 fully saturated rings. The summed E-state index contributed by atoms with van der Waals surface area (Å²) in [5, 5.41) is 4.16. The SMILES string of the molecule is COC1CN(CCCn2ccc(N)n2)CC1OC. The molecule has 0 aliphatic carbocycles. The minimum absolute atomic E-state index is 0.190. The number of ether oxygens (including phenoxy) is 2. The molecule has 2 atom stereocenters. The van der Waals surface area contributed by atoms with Crippen LogP contribution in [-0.2, 0) is 16.0 Å². The van der Waals surface area contributed by atoms with Crippen LogP contribution in [0.4, 0.5) is 5.82 Å². The van der Waals surface area contributed by atoms with Gasteiger partial charge in [-0.05, 0) is 12.5 Å². The molecule has 2 unspecified atom stereocenters. The predicted molar refractivity (Wildman–Crippen MR) is 69.3 cm³/mol. The number of nitrogens with zero attached hydrogens (tertiary/aromatic N) is 3. The number of nitrogen functional groups attached to an aromatic ring is 1. The Hall–Kier alpha value is -1.11. The molecule has 0 radical (unpaired) electrons. The van der Waals surface area contributed by atoms with E-state index < -0.39 is 0 Å². The van der Waals surface area contributed by atoms with Crippen molar-refractivity contribution in [3.63, 3.8) is 0 Å². The van der Waals surface area contributed by atoms with Gasteiger partial charge in [0.1, 0.15) is 5.82 Å². The number of likely N-dealkylation sites (tertiary alicyclic amines) is 1. The van der Waals surface area contributed by atoms with Crippen LogP contribution in [0.15, 0.2) is 12.3 Å². The highest BCUT2D eigenvalue weighted by molar-refractivity contribution is 5.23. The van der Waals surface area contributed by atoms with Crippen molar-refractivity contribution in [2.45, 2.75) is 25.2 Å². The molecule has 0 spiro atoms. The molecule has 1 aliphatic heterocycles. The van der Waals surface area contributed by atoms with Gasteiger partial charge in [0.2, 0.25) is 0 Å². The first kappa shape index (κ1) is 13.3. The largest absolute Gasteiger partial charge is 0.382 e. The maximum atomic E-state index is 5.57. The summed E-state index contributed by atoms with van der Waals surface area (Å²) in [6.07, 6.45) is 3.34. The number of hydrogen-bond acceptors (Lipinski definition) is 5. The second kappa shape index (κ2) is 6.17. The van der Waals surface area contributed by atoms with Gasteiger partial charge in [-0.1, -0.05) is 0 Å². The number of nitrogens with two attached hydrogens (primary N) is 1.